The van der Waals surface area contributed by atoms with Gasteiger partial charge >= 0.3 is 0 Å². The Morgan fingerprint density at radius 2 is 2.43 bits per heavy atom. The molecule has 0 atom stereocenters. The van der Waals surface area contributed by atoms with Crippen LogP contribution in [0.4, 0.5) is 0 Å². The monoisotopic (exact) mass is 292 g/mol. The molecule has 0 saturated carbocycles. The molecule has 14 heavy (non-hydrogen) atoms. The van der Waals surface area contributed by atoms with E-state index < -0.39 is 0 Å². The fraction of sp³-hybridized carbons (Fsp3) is 0.444. The molecule has 2 nitrogen and oxygen atoms in total. The first-order chi connectivity index (χ1) is 6.58. The summed E-state index contributed by atoms with van der Waals surface area (Å²) in [5.41, 5.74) is 6.76. The zero-order valence-electron chi connectivity index (χ0n) is 8.00. The van der Waals surface area contributed by atoms with Crippen molar-refractivity contribution in [2.24, 2.45) is 5.73 Å². The van der Waals surface area contributed by atoms with Gasteiger partial charge in [-0.3, -0.25) is 0 Å². The Bertz CT molecular complexity index is 312. The lowest BCUT2D eigenvalue weighted by Crippen LogP contribution is -2.23. The van der Waals surface area contributed by atoms with Crippen LogP contribution in [0, 0.1) is 0 Å². The molecule has 0 amide bonds. The molecule has 0 aliphatic carbocycles. The van der Waals surface area contributed by atoms with Gasteiger partial charge in [0.15, 0.2) is 0 Å². The van der Waals surface area contributed by atoms with Gasteiger partial charge in [-0.05, 0) is 40.0 Å². The van der Waals surface area contributed by atoms with E-state index >= 15 is 0 Å². The molecule has 5 heteroatoms. The topological polar surface area (TPSA) is 29.3 Å². The summed E-state index contributed by atoms with van der Waals surface area (Å²) >= 11 is 9.98. The van der Waals surface area contributed by atoms with Gasteiger partial charge in [0.25, 0.3) is 0 Å². The highest BCUT2D eigenvalue weighted by atomic mass is 79.9. The van der Waals surface area contributed by atoms with Crippen LogP contribution in [0.25, 0.3) is 0 Å². The summed E-state index contributed by atoms with van der Waals surface area (Å²) in [6, 6.07) is 2.14. The van der Waals surface area contributed by atoms with Gasteiger partial charge in [0.1, 0.15) is 0 Å². The van der Waals surface area contributed by atoms with E-state index in [1.54, 1.807) is 11.3 Å². The predicted octanol–water partition coefficient (Wildman–Crippen LogP) is 2.62. The Morgan fingerprint density at radius 1 is 1.71 bits per heavy atom. The van der Waals surface area contributed by atoms with Crippen LogP contribution in [-0.4, -0.2) is 23.5 Å². The van der Waals surface area contributed by atoms with E-state index in [9.17, 15) is 0 Å². The van der Waals surface area contributed by atoms with Crippen molar-refractivity contribution in [3.05, 3.63) is 20.8 Å². The minimum atomic E-state index is 0.586. The van der Waals surface area contributed by atoms with Crippen molar-refractivity contribution >= 4 is 44.5 Å². The Kier molecular flexibility index (Phi) is 5.01. The Labute approximate surface area is 102 Å². The van der Waals surface area contributed by atoms with Gasteiger partial charge in [-0.25, -0.2) is 0 Å². The van der Waals surface area contributed by atoms with E-state index in [1.165, 1.54) is 9.35 Å². The summed E-state index contributed by atoms with van der Waals surface area (Å²) in [4.78, 5) is 2.80. The first kappa shape index (κ1) is 12.1. The SMILES string of the molecule is CN(CCC(N)=S)Cc1csc(Br)c1. The molecular formula is C9H13BrN2S2. The third-order valence-electron chi connectivity index (χ3n) is 1.81. The molecule has 0 spiro atoms. The molecule has 0 unspecified atom stereocenters. The molecular weight excluding hydrogens is 280 g/mol. The van der Waals surface area contributed by atoms with Crippen molar-refractivity contribution in [3.63, 3.8) is 0 Å². The van der Waals surface area contributed by atoms with Crippen LogP contribution in [0.5, 0.6) is 0 Å². The molecule has 0 aromatic carbocycles. The van der Waals surface area contributed by atoms with Crippen molar-refractivity contribution in [1.82, 2.24) is 4.90 Å². The van der Waals surface area contributed by atoms with E-state index in [1.807, 2.05) is 0 Å². The lowest BCUT2D eigenvalue weighted by Gasteiger charge is -2.14. The molecule has 0 radical (unpaired) electrons. The number of hydrogen-bond donors (Lipinski definition) is 1. The molecule has 1 aromatic rings. The van der Waals surface area contributed by atoms with Gasteiger partial charge in [-0.15, -0.1) is 11.3 Å². The summed E-state index contributed by atoms with van der Waals surface area (Å²) in [6.45, 7) is 1.87. The average molecular weight is 293 g/mol. The van der Waals surface area contributed by atoms with Crippen molar-refractivity contribution in [2.75, 3.05) is 13.6 Å². The van der Waals surface area contributed by atoms with Crippen LogP contribution in [0.15, 0.2) is 15.2 Å². The smallest absolute Gasteiger partial charge is 0.0740 e. The normalized spacial score (nSPS) is 10.8. The molecule has 1 aromatic heterocycles. The number of rotatable bonds is 5. The maximum Gasteiger partial charge on any atom is 0.0740 e. The van der Waals surface area contributed by atoms with E-state index in [2.05, 4.69) is 39.3 Å². The fourth-order valence-electron chi connectivity index (χ4n) is 1.12. The maximum atomic E-state index is 5.44. The van der Waals surface area contributed by atoms with Crippen LogP contribution < -0.4 is 5.73 Å². The van der Waals surface area contributed by atoms with E-state index in [0.29, 0.717) is 4.99 Å². The highest BCUT2D eigenvalue weighted by molar-refractivity contribution is 9.11. The molecule has 1 heterocycles. The Morgan fingerprint density at radius 3 is 2.93 bits per heavy atom. The summed E-state index contributed by atoms with van der Waals surface area (Å²) in [5.74, 6) is 0. The number of hydrogen-bond acceptors (Lipinski definition) is 3. The van der Waals surface area contributed by atoms with Gasteiger partial charge in [0, 0.05) is 19.5 Å². The van der Waals surface area contributed by atoms with Crippen LogP contribution in [0.2, 0.25) is 0 Å². The quantitative estimate of drug-likeness (QED) is 0.846. The largest absolute Gasteiger partial charge is 0.393 e. The van der Waals surface area contributed by atoms with E-state index in [0.717, 1.165) is 19.5 Å². The van der Waals surface area contributed by atoms with Crippen LogP contribution >= 0.6 is 39.5 Å². The number of thiophene rings is 1. The molecule has 0 saturated heterocycles. The third kappa shape index (κ3) is 4.50. The zero-order chi connectivity index (χ0) is 10.6. The van der Waals surface area contributed by atoms with Crippen LogP contribution in [0.3, 0.4) is 0 Å². The lowest BCUT2D eigenvalue weighted by molar-refractivity contribution is 0.337. The first-order valence-corrected chi connectivity index (χ1v) is 6.36. The number of thiocarbonyl (C=S) groups is 1. The lowest BCUT2D eigenvalue weighted by atomic mass is 10.3. The van der Waals surface area contributed by atoms with Crippen molar-refractivity contribution < 1.29 is 0 Å². The first-order valence-electron chi connectivity index (χ1n) is 4.27. The Balaban J connectivity index is 2.33. The average Bonchev–Trinajstić information content (AvgIpc) is 2.48. The minimum absolute atomic E-state index is 0.586. The highest BCUT2D eigenvalue weighted by Gasteiger charge is 2.02. The second kappa shape index (κ2) is 5.80. The molecule has 0 fully saturated rings. The van der Waals surface area contributed by atoms with Gasteiger partial charge in [0.05, 0.1) is 8.77 Å². The zero-order valence-corrected chi connectivity index (χ0v) is 11.2. The van der Waals surface area contributed by atoms with Crippen molar-refractivity contribution in [3.8, 4) is 0 Å². The van der Waals surface area contributed by atoms with E-state index in [4.69, 9.17) is 18.0 Å². The molecule has 1 rings (SSSR count). The van der Waals surface area contributed by atoms with Gasteiger partial charge in [-0.1, -0.05) is 12.2 Å². The second-order valence-corrected chi connectivity index (χ2v) is 6.03. The standard InChI is InChI=1S/C9H13BrN2S2/c1-12(3-2-9(11)13)5-7-4-8(10)14-6-7/h4,6H,2-3,5H2,1H3,(H2,11,13). The Hall–Kier alpha value is 0.0300. The molecule has 0 aliphatic rings. The van der Waals surface area contributed by atoms with Crippen molar-refractivity contribution in [1.29, 1.82) is 0 Å². The molecule has 2 N–H and O–H groups in total. The van der Waals surface area contributed by atoms with Gasteiger partial charge in [-0.2, -0.15) is 0 Å². The summed E-state index contributed by atoms with van der Waals surface area (Å²) in [6.07, 6.45) is 0.789. The van der Waals surface area contributed by atoms with E-state index in [-0.39, 0.29) is 0 Å². The fourth-order valence-corrected chi connectivity index (χ4v) is 2.41. The highest BCUT2D eigenvalue weighted by Crippen LogP contribution is 2.21. The number of nitrogens with two attached hydrogens (primary N) is 1. The second-order valence-electron chi connectivity index (χ2n) is 3.21. The van der Waals surface area contributed by atoms with Gasteiger partial charge < -0.3 is 10.6 Å². The molecule has 0 aliphatic heterocycles. The summed E-state index contributed by atoms with van der Waals surface area (Å²) in [5, 5.41) is 2.15. The third-order valence-corrected chi connectivity index (χ3v) is 3.57. The number of halogens is 1. The predicted molar refractivity (Wildman–Crippen MR) is 69.8 cm³/mol. The summed E-state index contributed by atoms with van der Waals surface area (Å²) < 4.78 is 1.18. The van der Waals surface area contributed by atoms with Crippen molar-refractivity contribution in [2.45, 2.75) is 13.0 Å². The van der Waals surface area contributed by atoms with Gasteiger partial charge in [0.2, 0.25) is 0 Å². The van der Waals surface area contributed by atoms with Crippen LogP contribution in [-0.2, 0) is 6.54 Å². The maximum absolute atomic E-state index is 5.44. The van der Waals surface area contributed by atoms with Crippen LogP contribution in [0.1, 0.15) is 12.0 Å². The summed E-state index contributed by atoms with van der Waals surface area (Å²) in [7, 11) is 2.07. The minimum Gasteiger partial charge on any atom is -0.393 e. The number of nitrogens with zero attached hydrogens (tertiary/aromatic N) is 1. The molecule has 0 bridgehead atoms. The molecule has 78 valence electrons.